The van der Waals surface area contributed by atoms with Crippen molar-refractivity contribution in [3.05, 3.63) is 24.2 Å². The molecule has 3 heteroatoms. The molecule has 0 spiro atoms. The van der Waals surface area contributed by atoms with Gasteiger partial charge in [0.2, 0.25) is 0 Å². The van der Waals surface area contributed by atoms with Crippen LogP contribution in [0.2, 0.25) is 0 Å². The van der Waals surface area contributed by atoms with E-state index in [4.69, 9.17) is 4.42 Å². The largest absolute Gasteiger partial charge is 0.468 e. The van der Waals surface area contributed by atoms with E-state index in [0.29, 0.717) is 5.78 Å². The number of carbonyl (C=O) groups excluding carboxylic acids is 1. The molecular weight excluding hydrogens is 196 g/mol. The first kappa shape index (κ1) is 9.84. The van der Waals surface area contributed by atoms with Gasteiger partial charge in [-0.25, -0.2) is 0 Å². The number of thioether (sulfide) groups is 1. The molecule has 76 valence electrons. The lowest BCUT2D eigenvalue weighted by Crippen LogP contribution is -2.21. The smallest absolute Gasteiger partial charge is 0.145 e. The molecule has 1 aliphatic rings. The highest BCUT2D eigenvalue weighted by molar-refractivity contribution is 7.99. The second-order valence-corrected chi connectivity index (χ2v) is 4.78. The number of ketones is 1. The summed E-state index contributed by atoms with van der Waals surface area (Å²) in [4.78, 5) is 11.5. The van der Waals surface area contributed by atoms with Crippen molar-refractivity contribution in [2.75, 3.05) is 0 Å². The van der Waals surface area contributed by atoms with Gasteiger partial charge >= 0.3 is 0 Å². The lowest BCUT2D eigenvalue weighted by Gasteiger charge is -2.19. The fourth-order valence-electron chi connectivity index (χ4n) is 1.70. The van der Waals surface area contributed by atoms with E-state index < -0.39 is 0 Å². The predicted octanol–water partition coefficient (Wildman–Crippen LogP) is 3.02. The van der Waals surface area contributed by atoms with Crippen LogP contribution in [0.4, 0.5) is 0 Å². The molecule has 0 unspecified atom stereocenters. The minimum atomic E-state index is 0.217. The van der Waals surface area contributed by atoms with Crippen LogP contribution < -0.4 is 0 Å². The Morgan fingerprint density at radius 1 is 1.50 bits per heavy atom. The zero-order chi connectivity index (χ0) is 9.80. The average molecular weight is 210 g/mol. The minimum absolute atomic E-state index is 0.217. The molecule has 2 nitrogen and oxygen atoms in total. The van der Waals surface area contributed by atoms with Gasteiger partial charge in [-0.3, -0.25) is 4.79 Å². The van der Waals surface area contributed by atoms with Crippen molar-refractivity contribution >= 4 is 17.5 Å². The van der Waals surface area contributed by atoms with E-state index in [-0.39, 0.29) is 5.25 Å². The molecule has 0 saturated heterocycles. The van der Waals surface area contributed by atoms with Gasteiger partial charge in [0.1, 0.15) is 11.5 Å². The van der Waals surface area contributed by atoms with E-state index in [1.807, 2.05) is 12.1 Å². The second-order valence-electron chi connectivity index (χ2n) is 3.59. The maximum atomic E-state index is 11.5. The summed E-state index contributed by atoms with van der Waals surface area (Å²) < 4.78 is 5.23. The summed E-state index contributed by atoms with van der Waals surface area (Å²) in [5.74, 6) is 2.21. The zero-order valence-electron chi connectivity index (χ0n) is 8.07. The van der Waals surface area contributed by atoms with E-state index in [0.717, 1.165) is 30.8 Å². The van der Waals surface area contributed by atoms with Crippen molar-refractivity contribution in [1.82, 2.24) is 0 Å². The van der Waals surface area contributed by atoms with E-state index in [9.17, 15) is 4.79 Å². The van der Waals surface area contributed by atoms with Gasteiger partial charge < -0.3 is 4.42 Å². The third-order valence-electron chi connectivity index (χ3n) is 2.51. The highest BCUT2D eigenvalue weighted by Gasteiger charge is 2.22. The van der Waals surface area contributed by atoms with Crippen LogP contribution >= 0.6 is 11.8 Å². The molecule has 0 amide bonds. The maximum absolute atomic E-state index is 11.5. The topological polar surface area (TPSA) is 30.2 Å². The van der Waals surface area contributed by atoms with E-state index in [1.54, 1.807) is 18.0 Å². The third-order valence-corrected chi connectivity index (χ3v) is 3.86. The number of carbonyl (C=O) groups is 1. The van der Waals surface area contributed by atoms with E-state index >= 15 is 0 Å². The Labute approximate surface area is 88.1 Å². The molecule has 1 atom stereocenters. The lowest BCUT2D eigenvalue weighted by molar-refractivity contribution is -0.119. The Hall–Kier alpha value is -0.700. The number of Topliss-reactive ketones (excluding diaryl/α,β-unsaturated/α-hetero) is 1. The molecule has 0 bridgehead atoms. The van der Waals surface area contributed by atoms with Crippen molar-refractivity contribution < 1.29 is 9.21 Å². The van der Waals surface area contributed by atoms with Crippen LogP contribution in [-0.2, 0) is 10.5 Å². The summed E-state index contributed by atoms with van der Waals surface area (Å²) >= 11 is 1.72. The Balaban J connectivity index is 1.82. The maximum Gasteiger partial charge on any atom is 0.145 e. The standard InChI is InChI=1S/C11H14O2S/c12-10-5-1-2-6-11(10)14-8-9-4-3-7-13-9/h3-4,7,11H,1-2,5-6,8H2/t11-/m0/s1. The molecule has 0 aliphatic heterocycles. The van der Waals surface area contributed by atoms with Gasteiger partial charge in [-0.2, -0.15) is 0 Å². The van der Waals surface area contributed by atoms with Gasteiger partial charge in [-0.1, -0.05) is 6.42 Å². The quantitative estimate of drug-likeness (QED) is 0.768. The van der Waals surface area contributed by atoms with Gasteiger partial charge in [-0.05, 0) is 25.0 Å². The van der Waals surface area contributed by atoms with E-state index in [1.165, 1.54) is 6.42 Å². The van der Waals surface area contributed by atoms with Crippen LogP contribution in [-0.4, -0.2) is 11.0 Å². The first-order chi connectivity index (χ1) is 6.86. The van der Waals surface area contributed by atoms with Crippen LogP contribution in [0.1, 0.15) is 31.4 Å². The first-order valence-electron chi connectivity index (χ1n) is 5.03. The molecule has 0 aromatic carbocycles. The summed E-state index contributed by atoms with van der Waals surface area (Å²) in [6.07, 6.45) is 5.77. The molecule has 1 aliphatic carbocycles. The fraction of sp³-hybridized carbons (Fsp3) is 0.545. The van der Waals surface area contributed by atoms with Gasteiger partial charge in [0.25, 0.3) is 0 Å². The van der Waals surface area contributed by atoms with Gasteiger partial charge in [0, 0.05) is 6.42 Å². The molecule has 14 heavy (non-hydrogen) atoms. The van der Waals surface area contributed by atoms with Crippen LogP contribution in [0, 0.1) is 0 Å². The summed E-state index contributed by atoms with van der Waals surface area (Å²) in [5, 5.41) is 0.217. The van der Waals surface area contributed by atoms with Gasteiger partial charge in [0.05, 0.1) is 17.3 Å². The fourth-order valence-corrected chi connectivity index (χ4v) is 2.87. The first-order valence-corrected chi connectivity index (χ1v) is 6.08. The Bertz CT molecular complexity index is 292. The van der Waals surface area contributed by atoms with E-state index in [2.05, 4.69) is 0 Å². The molecular formula is C11H14O2S. The van der Waals surface area contributed by atoms with Gasteiger partial charge in [-0.15, -0.1) is 11.8 Å². The normalized spacial score (nSPS) is 22.6. The predicted molar refractivity (Wildman–Crippen MR) is 57.3 cm³/mol. The van der Waals surface area contributed by atoms with Crippen molar-refractivity contribution in [1.29, 1.82) is 0 Å². The third kappa shape index (κ3) is 2.41. The molecule has 1 saturated carbocycles. The van der Waals surface area contributed by atoms with Crippen LogP contribution in [0.25, 0.3) is 0 Å². The minimum Gasteiger partial charge on any atom is -0.468 e. The van der Waals surface area contributed by atoms with Crippen molar-refractivity contribution in [3.8, 4) is 0 Å². The monoisotopic (exact) mass is 210 g/mol. The lowest BCUT2D eigenvalue weighted by atomic mass is 9.99. The SMILES string of the molecule is O=C1CCCC[C@@H]1SCc1ccco1. The van der Waals surface area contributed by atoms with Crippen LogP contribution in [0.3, 0.4) is 0 Å². The molecule has 2 rings (SSSR count). The highest BCUT2D eigenvalue weighted by Crippen LogP contribution is 2.28. The Morgan fingerprint density at radius 3 is 3.14 bits per heavy atom. The summed E-state index contributed by atoms with van der Waals surface area (Å²) in [6.45, 7) is 0. The number of hydrogen-bond acceptors (Lipinski definition) is 3. The van der Waals surface area contributed by atoms with Gasteiger partial charge in [0.15, 0.2) is 0 Å². The second kappa shape index (κ2) is 4.69. The molecule has 1 aromatic rings. The molecule has 0 N–H and O–H groups in total. The molecule has 0 radical (unpaired) electrons. The van der Waals surface area contributed by atoms with Crippen molar-refractivity contribution in [3.63, 3.8) is 0 Å². The summed E-state index contributed by atoms with van der Waals surface area (Å²) in [6, 6.07) is 3.85. The summed E-state index contributed by atoms with van der Waals surface area (Å²) in [7, 11) is 0. The Kier molecular flexibility index (Phi) is 3.30. The van der Waals surface area contributed by atoms with Crippen LogP contribution in [0.5, 0.6) is 0 Å². The number of hydrogen-bond donors (Lipinski definition) is 0. The van der Waals surface area contributed by atoms with Crippen LogP contribution in [0.15, 0.2) is 22.8 Å². The van der Waals surface area contributed by atoms with Crippen molar-refractivity contribution in [2.45, 2.75) is 36.7 Å². The molecule has 1 fully saturated rings. The van der Waals surface area contributed by atoms with Crippen molar-refractivity contribution in [2.24, 2.45) is 0 Å². The zero-order valence-corrected chi connectivity index (χ0v) is 8.89. The average Bonchev–Trinajstić information content (AvgIpc) is 2.69. The molecule has 1 heterocycles. The Morgan fingerprint density at radius 2 is 2.43 bits per heavy atom. The number of rotatable bonds is 3. The molecule has 1 aromatic heterocycles. The summed E-state index contributed by atoms with van der Waals surface area (Å²) in [5.41, 5.74) is 0. The number of furan rings is 1. The highest BCUT2D eigenvalue weighted by atomic mass is 32.2.